The van der Waals surface area contributed by atoms with Gasteiger partial charge < -0.3 is 4.90 Å². The predicted octanol–water partition coefficient (Wildman–Crippen LogP) is 4.27. The number of amides is 1. The van der Waals surface area contributed by atoms with Crippen LogP contribution in [0.15, 0.2) is 22.7 Å². The van der Waals surface area contributed by atoms with Crippen molar-refractivity contribution in [1.29, 1.82) is 0 Å². The van der Waals surface area contributed by atoms with Gasteiger partial charge in [-0.25, -0.2) is 4.39 Å². The van der Waals surface area contributed by atoms with E-state index in [-0.39, 0.29) is 11.7 Å². The molecule has 0 saturated carbocycles. The third-order valence-corrected chi connectivity index (χ3v) is 4.51. The second kappa shape index (κ2) is 6.71. The molecule has 0 radical (unpaired) electrons. The van der Waals surface area contributed by atoms with Crippen LogP contribution < -0.4 is 0 Å². The zero-order valence-corrected chi connectivity index (χ0v) is 12.9. The third kappa shape index (κ3) is 3.69. The lowest BCUT2D eigenvalue weighted by Crippen LogP contribution is -2.34. The molecule has 1 heterocycles. The number of hydrogen-bond acceptors (Lipinski definition) is 1. The van der Waals surface area contributed by atoms with Gasteiger partial charge in [-0.3, -0.25) is 4.79 Å². The summed E-state index contributed by atoms with van der Waals surface area (Å²) >= 11 is 9.55. The fraction of sp³-hybridized carbons (Fsp3) is 0.500. The van der Waals surface area contributed by atoms with Gasteiger partial charge in [0.05, 0.1) is 0 Å². The van der Waals surface area contributed by atoms with Gasteiger partial charge in [0.1, 0.15) is 11.2 Å². The number of carbonyl (C=O) groups is 1. The van der Waals surface area contributed by atoms with Crippen molar-refractivity contribution in [3.8, 4) is 0 Å². The summed E-state index contributed by atoms with van der Waals surface area (Å²) in [5, 5.41) is -0.830. The maximum atomic E-state index is 13.3. The first-order valence-corrected chi connectivity index (χ1v) is 7.70. The Kier molecular flexibility index (Phi) is 5.22. The van der Waals surface area contributed by atoms with E-state index in [1.807, 2.05) is 0 Å². The summed E-state index contributed by atoms with van der Waals surface area (Å²) in [6.07, 6.45) is 4.33. The van der Waals surface area contributed by atoms with E-state index in [4.69, 9.17) is 11.6 Å². The van der Waals surface area contributed by atoms with Crippen LogP contribution in [0.3, 0.4) is 0 Å². The first-order chi connectivity index (χ1) is 9.09. The van der Waals surface area contributed by atoms with E-state index in [9.17, 15) is 9.18 Å². The minimum Gasteiger partial charge on any atom is -0.341 e. The van der Waals surface area contributed by atoms with Crippen molar-refractivity contribution < 1.29 is 9.18 Å². The average Bonchev–Trinajstić information content (AvgIpc) is 2.69. The maximum Gasteiger partial charge on any atom is 0.245 e. The van der Waals surface area contributed by atoms with Crippen molar-refractivity contribution in [2.45, 2.75) is 31.1 Å². The van der Waals surface area contributed by atoms with Crippen LogP contribution in [0.2, 0.25) is 0 Å². The van der Waals surface area contributed by atoms with Crippen LogP contribution in [-0.4, -0.2) is 23.9 Å². The molecule has 1 atom stereocenters. The zero-order chi connectivity index (χ0) is 13.8. The number of likely N-dealkylation sites (tertiary alicyclic amines) is 1. The van der Waals surface area contributed by atoms with Gasteiger partial charge in [0.15, 0.2) is 0 Å². The Bertz CT molecular complexity index is 461. The Hall–Kier alpha value is -0.610. The molecule has 1 aliphatic rings. The SMILES string of the molecule is O=C(C(Cl)c1cc(F)ccc1Br)N1CCCCCC1. The quantitative estimate of drug-likeness (QED) is 0.731. The van der Waals surface area contributed by atoms with Gasteiger partial charge in [-0.05, 0) is 36.6 Å². The van der Waals surface area contributed by atoms with Crippen LogP contribution in [-0.2, 0) is 4.79 Å². The first-order valence-electron chi connectivity index (χ1n) is 6.47. The summed E-state index contributed by atoms with van der Waals surface area (Å²) in [7, 11) is 0. The number of alkyl halides is 1. The Morgan fingerprint density at radius 3 is 2.53 bits per heavy atom. The third-order valence-electron chi connectivity index (χ3n) is 3.37. The van der Waals surface area contributed by atoms with Crippen molar-refractivity contribution in [3.05, 3.63) is 34.1 Å². The van der Waals surface area contributed by atoms with E-state index in [0.29, 0.717) is 10.0 Å². The van der Waals surface area contributed by atoms with Gasteiger partial charge in [-0.15, -0.1) is 11.6 Å². The summed E-state index contributed by atoms with van der Waals surface area (Å²) < 4.78 is 13.9. The molecule has 1 amide bonds. The summed E-state index contributed by atoms with van der Waals surface area (Å²) in [4.78, 5) is 14.2. The lowest BCUT2D eigenvalue weighted by atomic mass is 10.1. The number of rotatable bonds is 2. The highest BCUT2D eigenvalue weighted by Gasteiger charge is 2.26. The molecule has 19 heavy (non-hydrogen) atoms. The Labute approximate surface area is 126 Å². The standard InChI is InChI=1S/C14H16BrClFNO/c15-12-6-5-10(17)9-11(12)13(16)14(19)18-7-3-1-2-4-8-18/h5-6,9,13H,1-4,7-8H2. The van der Waals surface area contributed by atoms with Crippen LogP contribution >= 0.6 is 27.5 Å². The lowest BCUT2D eigenvalue weighted by molar-refractivity contribution is -0.130. The molecule has 1 fully saturated rings. The smallest absolute Gasteiger partial charge is 0.245 e. The van der Waals surface area contributed by atoms with E-state index >= 15 is 0 Å². The van der Waals surface area contributed by atoms with E-state index in [1.165, 1.54) is 12.1 Å². The van der Waals surface area contributed by atoms with Crippen LogP contribution in [0, 0.1) is 5.82 Å². The van der Waals surface area contributed by atoms with Crippen LogP contribution in [0.5, 0.6) is 0 Å². The second-order valence-corrected chi connectivity index (χ2v) is 6.06. The van der Waals surface area contributed by atoms with Gasteiger partial charge >= 0.3 is 0 Å². The minimum atomic E-state index is -0.830. The summed E-state index contributed by atoms with van der Waals surface area (Å²) in [5.41, 5.74) is 0.496. The predicted molar refractivity (Wildman–Crippen MR) is 77.7 cm³/mol. The molecule has 1 aromatic rings. The van der Waals surface area contributed by atoms with E-state index in [0.717, 1.165) is 38.8 Å². The average molecular weight is 349 g/mol. The molecular weight excluding hydrogens is 333 g/mol. The normalized spacial score (nSPS) is 17.9. The number of nitrogens with zero attached hydrogens (tertiary/aromatic N) is 1. The van der Waals surface area contributed by atoms with Gasteiger partial charge in [0.2, 0.25) is 5.91 Å². The largest absolute Gasteiger partial charge is 0.341 e. The van der Waals surface area contributed by atoms with Crippen LogP contribution in [0.1, 0.15) is 36.6 Å². The number of carbonyl (C=O) groups excluding carboxylic acids is 1. The zero-order valence-electron chi connectivity index (χ0n) is 10.5. The molecular formula is C14H16BrClFNO. The maximum absolute atomic E-state index is 13.3. The fourth-order valence-electron chi connectivity index (χ4n) is 2.29. The molecule has 104 valence electrons. The van der Waals surface area contributed by atoms with Crippen molar-refractivity contribution in [3.63, 3.8) is 0 Å². The molecule has 0 bridgehead atoms. The van der Waals surface area contributed by atoms with Gasteiger partial charge in [-0.1, -0.05) is 28.8 Å². The lowest BCUT2D eigenvalue weighted by Gasteiger charge is -2.23. The molecule has 1 aliphatic heterocycles. The topological polar surface area (TPSA) is 20.3 Å². The van der Waals surface area contributed by atoms with Crippen molar-refractivity contribution >= 4 is 33.4 Å². The molecule has 5 heteroatoms. The summed E-state index contributed by atoms with van der Waals surface area (Å²) in [6.45, 7) is 1.49. The van der Waals surface area contributed by atoms with Gasteiger partial charge in [0, 0.05) is 17.6 Å². The highest BCUT2D eigenvalue weighted by molar-refractivity contribution is 9.10. The van der Waals surface area contributed by atoms with E-state index in [2.05, 4.69) is 15.9 Å². The fourth-order valence-corrected chi connectivity index (χ4v) is 3.22. The van der Waals surface area contributed by atoms with Crippen molar-refractivity contribution in [2.24, 2.45) is 0 Å². The number of hydrogen-bond donors (Lipinski definition) is 0. The molecule has 1 saturated heterocycles. The summed E-state index contributed by atoms with van der Waals surface area (Å²) in [5.74, 6) is -0.512. The molecule has 0 spiro atoms. The number of benzene rings is 1. The van der Waals surface area contributed by atoms with Gasteiger partial charge in [0.25, 0.3) is 0 Å². The second-order valence-electron chi connectivity index (χ2n) is 4.77. The molecule has 2 nitrogen and oxygen atoms in total. The Morgan fingerprint density at radius 1 is 1.26 bits per heavy atom. The van der Waals surface area contributed by atoms with Gasteiger partial charge in [-0.2, -0.15) is 0 Å². The monoisotopic (exact) mass is 347 g/mol. The number of halogens is 3. The molecule has 1 unspecified atom stereocenters. The van der Waals surface area contributed by atoms with Crippen molar-refractivity contribution in [2.75, 3.05) is 13.1 Å². The minimum absolute atomic E-state index is 0.130. The first kappa shape index (κ1) is 14.8. The summed E-state index contributed by atoms with van der Waals surface area (Å²) in [6, 6.07) is 4.24. The highest BCUT2D eigenvalue weighted by Crippen LogP contribution is 2.31. The molecule has 1 aromatic carbocycles. The Balaban J connectivity index is 2.15. The van der Waals surface area contributed by atoms with Crippen LogP contribution in [0.4, 0.5) is 4.39 Å². The Morgan fingerprint density at radius 2 is 1.89 bits per heavy atom. The molecule has 0 N–H and O–H groups in total. The van der Waals surface area contributed by atoms with Crippen LogP contribution in [0.25, 0.3) is 0 Å². The highest BCUT2D eigenvalue weighted by atomic mass is 79.9. The van der Waals surface area contributed by atoms with E-state index < -0.39 is 5.38 Å². The molecule has 0 aliphatic carbocycles. The molecule has 0 aromatic heterocycles. The van der Waals surface area contributed by atoms with Crippen molar-refractivity contribution in [1.82, 2.24) is 4.90 Å². The van der Waals surface area contributed by atoms with E-state index in [1.54, 1.807) is 11.0 Å². The molecule has 2 rings (SSSR count).